The van der Waals surface area contributed by atoms with Gasteiger partial charge >= 0.3 is 0 Å². The van der Waals surface area contributed by atoms with E-state index < -0.39 is 5.82 Å². The second kappa shape index (κ2) is 6.38. The molecule has 0 spiro atoms. The number of hydrogen-bond acceptors (Lipinski definition) is 3. The molecule has 0 fully saturated rings. The minimum absolute atomic E-state index is 0.0179. The number of hydrogen-bond donors (Lipinski definition) is 2. The third-order valence-electron chi connectivity index (χ3n) is 2.45. The van der Waals surface area contributed by atoms with Gasteiger partial charge in [0.1, 0.15) is 11.6 Å². The molecule has 0 aliphatic carbocycles. The van der Waals surface area contributed by atoms with Gasteiger partial charge in [-0.15, -0.1) is 0 Å². The van der Waals surface area contributed by atoms with Crippen molar-refractivity contribution in [2.45, 2.75) is 0 Å². The molecule has 0 bridgehead atoms. The SMILES string of the molecule is Nc1cc(NC(=O)COc2cccc(Br)c2)ccc1F. The standard InChI is InChI=1S/C14H12BrFN2O2/c15-9-2-1-3-11(6-9)20-8-14(19)18-10-4-5-12(16)13(17)7-10/h1-7H,8,17H2,(H,18,19). The van der Waals surface area contributed by atoms with Gasteiger partial charge in [0.25, 0.3) is 5.91 Å². The molecule has 0 atom stereocenters. The van der Waals surface area contributed by atoms with E-state index in [4.69, 9.17) is 10.5 Å². The van der Waals surface area contributed by atoms with E-state index in [9.17, 15) is 9.18 Å². The molecule has 3 N–H and O–H groups in total. The predicted molar refractivity (Wildman–Crippen MR) is 79.1 cm³/mol. The van der Waals surface area contributed by atoms with Gasteiger partial charge in [0.15, 0.2) is 6.61 Å². The number of carbonyl (C=O) groups is 1. The lowest BCUT2D eigenvalue weighted by Gasteiger charge is -2.08. The third-order valence-corrected chi connectivity index (χ3v) is 2.94. The zero-order valence-electron chi connectivity index (χ0n) is 10.4. The second-order valence-electron chi connectivity index (χ2n) is 4.03. The molecule has 0 aliphatic heterocycles. The van der Waals surface area contributed by atoms with Crippen LogP contribution in [0.25, 0.3) is 0 Å². The Morgan fingerprint density at radius 2 is 2.10 bits per heavy atom. The van der Waals surface area contributed by atoms with Gasteiger partial charge in [-0.2, -0.15) is 0 Å². The van der Waals surface area contributed by atoms with Crippen LogP contribution in [0, 0.1) is 5.82 Å². The number of anilines is 2. The van der Waals surface area contributed by atoms with Crippen LogP contribution in [0.4, 0.5) is 15.8 Å². The van der Waals surface area contributed by atoms with Crippen LogP contribution in [-0.2, 0) is 4.79 Å². The van der Waals surface area contributed by atoms with E-state index in [1.807, 2.05) is 6.07 Å². The summed E-state index contributed by atoms with van der Waals surface area (Å²) in [5.41, 5.74) is 5.82. The van der Waals surface area contributed by atoms with E-state index in [2.05, 4.69) is 21.2 Å². The molecular weight excluding hydrogens is 327 g/mol. The van der Waals surface area contributed by atoms with Crippen LogP contribution in [0.15, 0.2) is 46.9 Å². The zero-order valence-corrected chi connectivity index (χ0v) is 12.0. The largest absolute Gasteiger partial charge is 0.484 e. The highest BCUT2D eigenvalue weighted by molar-refractivity contribution is 9.10. The van der Waals surface area contributed by atoms with Crippen molar-refractivity contribution in [1.29, 1.82) is 0 Å². The fraction of sp³-hybridized carbons (Fsp3) is 0.0714. The molecular formula is C14H12BrFN2O2. The fourth-order valence-electron chi connectivity index (χ4n) is 1.52. The highest BCUT2D eigenvalue weighted by Crippen LogP contribution is 2.18. The molecule has 0 saturated carbocycles. The number of halogens is 2. The Morgan fingerprint density at radius 1 is 1.30 bits per heavy atom. The minimum Gasteiger partial charge on any atom is -0.484 e. The van der Waals surface area contributed by atoms with Gasteiger partial charge in [0.2, 0.25) is 0 Å². The minimum atomic E-state index is -0.520. The van der Waals surface area contributed by atoms with Crippen molar-refractivity contribution in [2.75, 3.05) is 17.7 Å². The maximum atomic E-state index is 13.0. The summed E-state index contributed by atoms with van der Waals surface area (Å²) in [5, 5.41) is 2.57. The first-order valence-electron chi connectivity index (χ1n) is 5.78. The van der Waals surface area contributed by atoms with Crippen molar-refractivity contribution in [1.82, 2.24) is 0 Å². The lowest BCUT2D eigenvalue weighted by atomic mass is 10.2. The van der Waals surface area contributed by atoms with Gasteiger partial charge in [0.05, 0.1) is 5.69 Å². The van der Waals surface area contributed by atoms with E-state index in [1.165, 1.54) is 18.2 Å². The number of benzene rings is 2. The molecule has 20 heavy (non-hydrogen) atoms. The van der Waals surface area contributed by atoms with Gasteiger partial charge in [-0.1, -0.05) is 22.0 Å². The first-order valence-corrected chi connectivity index (χ1v) is 6.57. The second-order valence-corrected chi connectivity index (χ2v) is 4.95. The molecule has 0 unspecified atom stereocenters. The Balaban J connectivity index is 1.91. The maximum Gasteiger partial charge on any atom is 0.262 e. The van der Waals surface area contributed by atoms with E-state index in [1.54, 1.807) is 18.2 Å². The van der Waals surface area contributed by atoms with Crippen LogP contribution in [0.5, 0.6) is 5.75 Å². The van der Waals surface area contributed by atoms with Gasteiger partial charge in [0, 0.05) is 10.2 Å². The molecule has 0 heterocycles. The van der Waals surface area contributed by atoms with Crippen LogP contribution in [0.2, 0.25) is 0 Å². The monoisotopic (exact) mass is 338 g/mol. The average molecular weight is 339 g/mol. The van der Waals surface area contributed by atoms with Crippen LogP contribution in [0.3, 0.4) is 0 Å². The lowest BCUT2D eigenvalue weighted by Crippen LogP contribution is -2.20. The van der Waals surface area contributed by atoms with Gasteiger partial charge in [-0.05, 0) is 36.4 Å². The Bertz CT molecular complexity index is 634. The van der Waals surface area contributed by atoms with E-state index in [0.717, 1.165) is 4.47 Å². The molecule has 0 aromatic heterocycles. The predicted octanol–water partition coefficient (Wildman–Crippen LogP) is 3.19. The van der Waals surface area contributed by atoms with Crippen LogP contribution >= 0.6 is 15.9 Å². The third kappa shape index (κ3) is 3.96. The number of ether oxygens (including phenoxy) is 1. The number of carbonyl (C=O) groups excluding carboxylic acids is 1. The summed E-state index contributed by atoms with van der Waals surface area (Å²) in [4.78, 5) is 11.7. The quantitative estimate of drug-likeness (QED) is 0.841. The summed E-state index contributed by atoms with van der Waals surface area (Å²) in [7, 11) is 0. The van der Waals surface area contributed by atoms with Crippen LogP contribution in [-0.4, -0.2) is 12.5 Å². The van der Waals surface area contributed by atoms with E-state index in [0.29, 0.717) is 11.4 Å². The average Bonchev–Trinajstić information content (AvgIpc) is 2.41. The maximum absolute atomic E-state index is 13.0. The Labute approximate surface area is 123 Å². The first kappa shape index (κ1) is 14.3. The number of amides is 1. The first-order chi connectivity index (χ1) is 9.54. The summed E-state index contributed by atoms with van der Waals surface area (Å²) in [6.45, 7) is -0.145. The number of nitrogens with two attached hydrogens (primary N) is 1. The van der Waals surface area contributed by atoms with Crippen molar-refractivity contribution in [2.24, 2.45) is 0 Å². The summed E-state index contributed by atoms with van der Waals surface area (Å²) < 4.78 is 19.2. The highest BCUT2D eigenvalue weighted by Gasteiger charge is 2.06. The van der Waals surface area contributed by atoms with Gasteiger partial charge in [-0.25, -0.2) is 4.39 Å². The van der Waals surface area contributed by atoms with E-state index in [-0.39, 0.29) is 18.2 Å². The molecule has 6 heteroatoms. The summed E-state index contributed by atoms with van der Waals surface area (Å²) in [6.07, 6.45) is 0. The van der Waals surface area contributed by atoms with Crippen molar-refractivity contribution < 1.29 is 13.9 Å². The number of nitrogens with one attached hydrogen (secondary N) is 1. The number of nitrogen functional groups attached to an aromatic ring is 1. The highest BCUT2D eigenvalue weighted by atomic mass is 79.9. The zero-order chi connectivity index (χ0) is 14.5. The van der Waals surface area contributed by atoms with Crippen molar-refractivity contribution in [3.8, 4) is 5.75 Å². The van der Waals surface area contributed by atoms with Crippen molar-refractivity contribution in [3.63, 3.8) is 0 Å². The molecule has 1 amide bonds. The fourth-order valence-corrected chi connectivity index (χ4v) is 1.90. The van der Waals surface area contributed by atoms with Gasteiger partial charge in [-0.3, -0.25) is 4.79 Å². The summed E-state index contributed by atoms with van der Waals surface area (Å²) >= 11 is 3.31. The number of rotatable bonds is 4. The Morgan fingerprint density at radius 3 is 2.80 bits per heavy atom. The Kier molecular flexibility index (Phi) is 4.57. The molecule has 2 rings (SSSR count). The lowest BCUT2D eigenvalue weighted by molar-refractivity contribution is -0.118. The molecule has 2 aromatic carbocycles. The molecule has 4 nitrogen and oxygen atoms in total. The Hall–Kier alpha value is -2.08. The van der Waals surface area contributed by atoms with Crippen LogP contribution < -0.4 is 15.8 Å². The smallest absolute Gasteiger partial charge is 0.262 e. The molecule has 0 radical (unpaired) electrons. The normalized spacial score (nSPS) is 10.1. The van der Waals surface area contributed by atoms with Gasteiger partial charge < -0.3 is 15.8 Å². The summed E-state index contributed by atoms with van der Waals surface area (Å²) in [6, 6.07) is 11.1. The molecule has 104 valence electrons. The topological polar surface area (TPSA) is 64.3 Å². The van der Waals surface area contributed by atoms with Crippen LogP contribution in [0.1, 0.15) is 0 Å². The van der Waals surface area contributed by atoms with Crippen molar-refractivity contribution in [3.05, 3.63) is 52.8 Å². The van der Waals surface area contributed by atoms with E-state index >= 15 is 0 Å². The summed E-state index contributed by atoms with van der Waals surface area (Å²) in [5.74, 6) is -0.294. The molecule has 2 aromatic rings. The van der Waals surface area contributed by atoms with Crippen molar-refractivity contribution >= 4 is 33.2 Å². The molecule has 0 saturated heterocycles. The molecule has 0 aliphatic rings.